The van der Waals surface area contributed by atoms with E-state index in [4.69, 9.17) is 4.74 Å². The molecule has 0 N–H and O–H groups in total. The summed E-state index contributed by atoms with van der Waals surface area (Å²) in [6, 6.07) is 4.67. The molecule has 46 heavy (non-hydrogen) atoms. The van der Waals surface area contributed by atoms with Crippen LogP contribution in [0.5, 0.6) is 0 Å². The fourth-order valence-corrected chi connectivity index (χ4v) is 7.42. The van der Waals surface area contributed by atoms with Crippen molar-refractivity contribution >= 4 is 22.8 Å². The Labute approximate surface area is 272 Å². The molecule has 3 aliphatic heterocycles. The standard InChI is InChI=1S/C36H49FN6O3/c1-25(2)39(4)35(44)31-20-30(37)5-6-32(31)43-24-29(34-26(3)21-38-22-33(34)43)19-27-7-11-40(12-8-27)23-28-9-13-41(14-10-28)36(45)42-15-17-46-18-16-42/h5-6,20-22,24-25,27-28H,7-19,23H2,1-4H3. The van der Waals surface area contributed by atoms with Gasteiger partial charge in [-0.25, -0.2) is 9.18 Å². The molecule has 248 valence electrons. The van der Waals surface area contributed by atoms with Crippen molar-refractivity contribution in [2.75, 3.05) is 66.1 Å². The van der Waals surface area contributed by atoms with Crippen LogP contribution in [0.2, 0.25) is 0 Å². The maximum absolute atomic E-state index is 14.5. The molecule has 3 aliphatic rings. The maximum Gasteiger partial charge on any atom is 0.320 e. The number of fused-ring (bicyclic) bond motifs is 1. The van der Waals surface area contributed by atoms with Crippen LogP contribution in [0.1, 0.15) is 61.0 Å². The van der Waals surface area contributed by atoms with Gasteiger partial charge in [0.15, 0.2) is 0 Å². The summed E-state index contributed by atoms with van der Waals surface area (Å²) in [6.07, 6.45) is 11.3. The number of likely N-dealkylation sites (tertiary alicyclic amines) is 2. The Morgan fingerprint density at radius 1 is 0.978 bits per heavy atom. The number of carbonyl (C=O) groups is 2. The number of aromatic nitrogens is 2. The molecule has 0 bridgehead atoms. The first-order valence-electron chi connectivity index (χ1n) is 17.0. The molecule has 3 saturated heterocycles. The van der Waals surface area contributed by atoms with Crippen molar-refractivity contribution in [2.24, 2.45) is 11.8 Å². The summed E-state index contributed by atoms with van der Waals surface area (Å²) >= 11 is 0. The highest BCUT2D eigenvalue weighted by molar-refractivity contribution is 5.99. The number of halogens is 1. The molecular weight excluding hydrogens is 583 g/mol. The van der Waals surface area contributed by atoms with Crippen LogP contribution in [-0.4, -0.2) is 113 Å². The number of piperidine rings is 2. The van der Waals surface area contributed by atoms with Crippen LogP contribution in [-0.2, 0) is 11.2 Å². The predicted octanol–water partition coefficient (Wildman–Crippen LogP) is 5.37. The van der Waals surface area contributed by atoms with Crippen LogP contribution in [0.3, 0.4) is 0 Å². The summed E-state index contributed by atoms with van der Waals surface area (Å²) < 4.78 is 21.9. The Hall–Kier alpha value is -3.50. The maximum atomic E-state index is 14.5. The molecule has 0 aliphatic carbocycles. The minimum absolute atomic E-state index is 0.00673. The highest BCUT2D eigenvalue weighted by Gasteiger charge is 2.30. The van der Waals surface area contributed by atoms with Crippen molar-refractivity contribution in [3.8, 4) is 5.69 Å². The van der Waals surface area contributed by atoms with Gasteiger partial charge in [0, 0.05) is 63.6 Å². The number of rotatable bonds is 7. The van der Waals surface area contributed by atoms with E-state index in [2.05, 4.69) is 23.0 Å². The van der Waals surface area contributed by atoms with Gasteiger partial charge in [0.1, 0.15) is 5.82 Å². The zero-order chi connectivity index (χ0) is 32.4. The van der Waals surface area contributed by atoms with Crippen molar-refractivity contribution in [3.05, 3.63) is 59.3 Å². The van der Waals surface area contributed by atoms with Gasteiger partial charge in [-0.05, 0) is 107 Å². The van der Waals surface area contributed by atoms with Gasteiger partial charge in [-0.15, -0.1) is 0 Å². The first-order valence-corrected chi connectivity index (χ1v) is 17.0. The number of ether oxygens (including phenoxy) is 1. The molecule has 10 heteroatoms. The lowest BCUT2D eigenvalue weighted by Gasteiger charge is -2.39. The molecule has 2 aromatic heterocycles. The van der Waals surface area contributed by atoms with Crippen LogP contribution in [0.15, 0.2) is 36.8 Å². The first kappa shape index (κ1) is 32.4. The van der Waals surface area contributed by atoms with E-state index in [-0.39, 0.29) is 18.0 Å². The number of morpholine rings is 1. The number of benzene rings is 1. The minimum Gasteiger partial charge on any atom is -0.378 e. The van der Waals surface area contributed by atoms with Crippen LogP contribution >= 0.6 is 0 Å². The summed E-state index contributed by atoms with van der Waals surface area (Å²) in [4.78, 5) is 39.1. The van der Waals surface area contributed by atoms with Crippen LogP contribution in [0.4, 0.5) is 9.18 Å². The van der Waals surface area contributed by atoms with Gasteiger partial charge in [-0.1, -0.05) is 0 Å². The van der Waals surface area contributed by atoms with E-state index in [0.717, 1.165) is 75.9 Å². The Bertz CT molecular complexity index is 1530. The number of aryl methyl sites for hydroxylation is 1. The lowest BCUT2D eigenvalue weighted by atomic mass is 9.88. The molecule has 1 aromatic carbocycles. The van der Waals surface area contributed by atoms with Crippen LogP contribution in [0, 0.1) is 24.6 Å². The predicted molar refractivity (Wildman–Crippen MR) is 178 cm³/mol. The summed E-state index contributed by atoms with van der Waals surface area (Å²) in [7, 11) is 1.76. The highest BCUT2D eigenvalue weighted by Crippen LogP contribution is 2.33. The lowest BCUT2D eigenvalue weighted by molar-refractivity contribution is 0.0387. The third kappa shape index (κ3) is 6.93. The van der Waals surface area contributed by atoms with E-state index in [9.17, 15) is 14.0 Å². The SMILES string of the molecule is Cc1cncc2c1c(CC1CCN(CC3CCN(C(=O)N4CCOCC4)CC3)CC1)cn2-c1ccc(F)cc1C(=O)N(C)C(C)C. The van der Waals surface area contributed by atoms with Gasteiger partial charge < -0.3 is 28.9 Å². The van der Waals surface area contributed by atoms with Crippen molar-refractivity contribution in [2.45, 2.75) is 58.9 Å². The molecule has 6 rings (SSSR count). The molecule has 5 heterocycles. The molecule has 0 saturated carbocycles. The zero-order valence-corrected chi connectivity index (χ0v) is 27.9. The molecule has 3 aromatic rings. The average Bonchev–Trinajstić information content (AvgIpc) is 3.44. The highest BCUT2D eigenvalue weighted by atomic mass is 19.1. The zero-order valence-electron chi connectivity index (χ0n) is 27.9. The Morgan fingerprint density at radius 3 is 2.35 bits per heavy atom. The van der Waals surface area contributed by atoms with E-state index < -0.39 is 5.82 Å². The molecule has 0 unspecified atom stereocenters. The van der Waals surface area contributed by atoms with E-state index in [0.29, 0.717) is 49.4 Å². The quantitative estimate of drug-likeness (QED) is 0.350. The molecule has 9 nitrogen and oxygen atoms in total. The number of amides is 3. The second kappa shape index (κ2) is 14.1. The van der Waals surface area contributed by atoms with E-state index in [1.807, 2.05) is 40.6 Å². The second-order valence-corrected chi connectivity index (χ2v) is 13.8. The van der Waals surface area contributed by atoms with Crippen LogP contribution in [0.25, 0.3) is 16.6 Å². The molecule has 0 radical (unpaired) electrons. The summed E-state index contributed by atoms with van der Waals surface area (Å²) in [6.45, 7) is 13.7. The average molecular weight is 633 g/mol. The molecule has 3 fully saturated rings. The van der Waals surface area contributed by atoms with E-state index in [1.54, 1.807) is 18.0 Å². The van der Waals surface area contributed by atoms with Gasteiger partial charge in [0.25, 0.3) is 5.91 Å². The number of pyridine rings is 1. The van der Waals surface area contributed by atoms with Gasteiger partial charge in [-0.2, -0.15) is 0 Å². The summed E-state index contributed by atoms with van der Waals surface area (Å²) in [5.74, 6) is 0.585. The second-order valence-electron chi connectivity index (χ2n) is 13.8. The number of hydrogen-bond donors (Lipinski definition) is 0. The Kier molecular flexibility index (Phi) is 9.94. The van der Waals surface area contributed by atoms with E-state index in [1.165, 1.54) is 23.1 Å². The largest absolute Gasteiger partial charge is 0.378 e. The van der Waals surface area contributed by atoms with Crippen molar-refractivity contribution in [3.63, 3.8) is 0 Å². The normalized spacial score (nSPS) is 18.9. The van der Waals surface area contributed by atoms with Gasteiger partial charge >= 0.3 is 6.03 Å². The van der Waals surface area contributed by atoms with Crippen molar-refractivity contribution in [1.29, 1.82) is 0 Å². The number of carbonyl (C=O) groups excluding carboxylic acids is 2. The topological polar surface area (TPSA) is 74.2 Å². The molecule has 0 spiro atoms. The van der Waals surface area contributed by atoms with Gasteiger partial charge in [0.05, 0.1) is 36.2 Å². The number of nitrogens with zero attached hydrogens (tertiary/aromatic N) is 6. The number of hydrogen-bond acceptors (Lipinski definition) is 5. The van der Waals surface area contributed by atoms with E-state index >= 15 is 0 Å². The fraction of sp³-hybridized carbons (Fsp3) is 0.583. The molecule has 3 amide bonds. The number of urea groups is 1. The summed E-state index contributed by atoms with van der Waals surface area (Å²) in [5, 5.41) is 1.18. The first-order chi connectivity index (χ1) is 22.2. The van der Waals surface area contributed by atoms with Crippen LogP contribution < -0.4 is 0 Å². The Balaban J connectivity index is 1.10. The van der Waals surface area contributed by atoms with Crippen molar-refractivity contribution < 1.29 is 18.7 Å². The third-order valence-electron chi connectivity index (χ3n) is 10.4. The van der Waals surface area contributed by atoms with Gasteiger partial charge in [0.2, 0.25) is 0 Å². The minimum atomic E-state index is -0.422. The Morgan fingerprint density at radius 2 is 1.65 bits per heavy atom. The van der Waals surface area contributed by atoms with Gasteiger partial charge in [-0.3, -0.25) is 9.78 Å². The third-order valence-corrected chi connectivity index (χ3v) is 10.4. The fourth-order valence-electron chi connectivity index (χ4n) is 7.42. The molecule has 0 atom stereocenters. The summed E-state index contributed by atoms with van der Waals surface area (Å²) in [5.41, 5.74) is 4.33. The molecular formula is C36H49FN6O3. The van der Waals surface area contributed by atoms with Crippen molar-refractivity contribution in [1.82, 2.24) is 29.2 Å². The monoisotopic (exact) mass is 632 g/mol. The lowest BCUT2D eigenvalue weighted by Crippen LogP contribution is -2.51. The smallest absolute Gasteiger partial charge is 0.320 e.